The van der Waals surface area contributed by atoms with Crippen molar-refractivity contribution in [3.05, 3.63) is 64.7 Å². The number of aromatic nitrogens is 3. The molecule has 35 heavy (non-hydrogen) atoms. The van der Waals surface area contributed by atoms with E-state index in [-0.39, 0.29) is 29.0 Å². The molecule has 0 aliphatic carbocycles. The highest BCUT2D eigenvalue weighted by molar-refractivity contribution is 6.33. The summed E-state index contributed by atoms with van der Waals surface area (Å²) in [6, 6.07) is 7.58. The summed E-state index contributed by atoms with van der Waals surface area (Å²) in [5.74, 6) is -0.403. The van der Waals surface area contributed by atoms with Gasteiger partial charge in [-0.3, -0.25) is 9.48 Å². The average Bonchev–Trinajstić information content (AvgIpc) is 3.47. The highest BCUT2D eigenvalue weighted by Crippen LogP contribution is 2.30. The van der Waals surface area contributed by atoms with Gasteiger partial charge < -0.3 is 20.6 Å². The van der Waals surface area contributed by atoms with Crippen LogP contribution in [-0.4, -0.2) is 62.4 Å². The van der Waals surface area contributed by atoms with Gasteiger partial charge in [0.1, 0.15) is 11.6 Å². The lowest BCUT2D eigenvalue weighted by atomic mass is 10.1. The number of hydrogen-bond donors (Lipinski definition) is 3. The van der Waals surface area contributed by atoms with Crippen LogP contribution in [0.1, 0.15) is 28.8 Å². The summed E-state index contributed by atoms with van der Waals surface area (Å²) >= 11 is 6.49. The maximum absolute atomic E-state index is 13.5. The number of nitrogens with zero attached hydrogens (tertiary/aromatic N) is 4. The molecule has 0 bridgehead atoms. The monoisotopic (exact) mass is 500 g/mol. The number of likely N-dealkylation sites (tertiary alicyclic amines) is 1. The number of carbonyl (C=O) groups excluding carboxylic acids is 1. The molecule has 0 saturated carbocycles. The fourth-order valence-electron chi connectivity index (χ4n) is 4.17. The molecule has 184 valence electrons. The molecule has 1 aliphatic heterocycles. The Labute approximate surface area is 206 Å². The fourth-order valence-corrected chi connectivity index (χ4v) is 4.43. The molecule has 1 aromatic carbocycles. The molecule has 3 N–H and O–H groups in total. The first-order valence-electron chi connectivity index (χ1n) is 11.3. The van der Waals surface area contributed by atoms with Gasteiger partial charge in [0.05, 0.1) is 28.5 Å². The van der Waals surface area contributed by atoms with Crippen LogP contribution in [-0.2, 0) is 13.5 Å². The van der Waals surface area contributed by atoms with Gasteiger partial charge in [0.15, 0.2) is 0 Å². The van der Waals surface area contributed by atoms with Crippen molar-refractivity contribution in [1.29, 1.82) is 0 Å². The van der Waals surface area contributed by atoms with Crippen molar-refractivity contribution in [1.82, 2.24) is 25.0 Å². The first-order valence-corrected chi connectivity index (χ1v) is 11.6. The van der Waals surface area contributed by atoms with Crippen LogP contribution in [0, 0.1) is 5.82 Å². The number of nitrogens with one attached hydrogen (secondary N) is 2. The Bertz CT molecular complexity index is 1230. The van der Waals surface area contributed by atoms with Crippen molar-refractivity contribution < 1.29 is 19.1 Å². The first-order chi connectivity index (χ1) is 16.8. The number of hydrogen-bond acceptors (Lipinski definition) is 5. The zero-order chi connectivity index (χ0) is 24.9. The quantitative estimate of drug-likeness (QED) is 0.433. The molecule has 1 fully saturated rings. The fraction of sp³-hybridized carbons (Fsp3) is 0.333. The Hall–Kier alpha value is -3.66. The second-order valence-corrected chi connectivity index (χ2v) is 8.81. The Morgan fingerprint density at radius 3 is 2.86 bits per heavy atom. The van der Waals surface area contributed by atoms with Crippen LogP contribution in [0.15, 0.2) is 42.7 Å². The predicted octanol–water partition coefficient (Wildman–Crippen LogP) is 3.80. The van der Waals surface area contributed by atoms with E-state index in [9.17, 15) is 19.1 Å². The molecule has 2 aromatic heterocycles. The molecular formula is C24H26ClFN6O3. The SMILES string of the molecule is Cn1cc(-c2nc(NCCc3cccc(F)c3)c(C(=O)NC[C@H]3CCCN3C(=O)O)cc2Cl)cn1. The summed E-state index contributed by atoms with van der Waals surface area (Å²) in [4.78, 5) is 30.5. The van der Waals surface area contributed by atoms with E-state index in [2.05, 4.69) is 20.7 Å². The Morgan fingerprint density at radius 2 is 2.14 bits per heavy atom. The number of carbonyl (C=O) groups is 2. The highest BCUT2D eigenvalue weighted by atomic mass is 35.5. The smallest absolute Gasteiger partial charge is 0.407 e. The van der Waals surface area contributed by atoms with E-state index in [0.717, 1.165) is 12.0 Å². The number of halogens is 2. The zero-order valence-electron chi connectivity index (χ0n) is 19.2. The maximum atomic E-state index is 13.5. The molecular weight excluding hydrogens is 475 g/mol. The van der Waals surface area contributed by atoms with Crippen LogP contribution in [0.3, 0.4) is 0 Å². The summed E-state index contributed by atoms with van der Waals surface area (Å²) in [7, 11) is 1.78. The molecule has 1 aliphatic rings. The Balaban J connectivity index is 1.54. The maximum Gasteiger partial charge on any atom is 0.407 e. The van der Waals surface area contributed by atoms with E-state index in [4.69, 9.17) is 11.6 Å². The minimum absolute atomic E-state index is 0.190. The number of rotatable bonds is 8. The second-order valence-electron chi connectivity index (χ2n) is 8.41. The number of amides is 2. The summed E-state index contributed by atoms with van der Waals surface area (Å²) in [5, 5.41) is 19.8. The van der Waals surface area contributed by atoms with Crippen LogP contribution >= 0.6 is 11.6 Å². The van der Waals surface area contributed by atoms with Crippen molar-refractivity contribution >= 4 is 29.4 Å². The molecule has 3 aromatic rings. The first kappa shape index (κ1) is 24.5. The lowest BCUT2D eigenvalue weighted by Crippen LogP contribution is -2.42. The van der Waals surface area contributed by atoms with Crippen molar-refractivity contribution in [3.8, 4) is 11.3 Å². The van der Waals surface area contributed by atoms with Crippen LogP contribution in [0.2, 0.25) is 5.02 Å². The van der Waals surface area contributed by atoms with E-state index in [1.807, 2.05) is 6.07 Å². The van der Waals surface area contributed by atoms with Crippen LogP contribution < -0.4 is 10.6 Å². The van der Waals surface area contributed by atoms with E-state index in [1.54, 1.807) is 36.3 Å². The zero-order valence-corrected chi connectivity index (χ0v) is 19.9. The van der Waals surface area contributed by atoms with Gasteiger partial charge in [-0.15, -0.1) is 0 Å². The molecule has 9 nitrogen and oxygen atoms in total. The van der Waals surface area contributed by atoms with Gasteiger partial charge in [0, 0.05) is 38.4 Å². The third-order valence-corrected chi connectivity index (χ3v) is 6.20. The molecule has 1 atom stereocenters. The largest absolute Gasteiger partial charge is 0.465 e. The molecule has 3 heterocycles. The van der Waals surface area contributed by atoms with E-state index < -0.39 is 12.0 Å². The summed E-state index contributed by atoms with van der Waals surface area (Å²) in [6.45, 7) is 1.05. The molecule has 2 amide bonds. The minimum Gasteiger partial charge on any atom is -0.465 e. The molecule has 4 rings (SSSR count). The van der Waals surface area contributed by atoms with Gasteiger partial charge in [-0.25, -0.2) is 14.2 Å². The van der Waals surface area contributed by atoms with Crippen molar-refractivity contribution in [2.45, 2.75) is 25.3 Å². The number of carboxylic acid groups (broad SMARTS) is 1. The van der Waals surface area contributed by atoms with E-state index in [1.165, 1.54) is 17.0 Å². The van der Waals surface area contributed by atoms with E-state index >= 15 is 0 Å². The van der Waals surface area contributed by atoms with Crippen molar-refractivity contribution in [2.24, 2.45) is 7.05 Å². The molecule has 0 unspecified atom stereocenters. The highest BCUT2D eigenvalue weighted by Gasteiger charge is 2.29. The molecule has 0 radical (unpaired) electrons. The predicted molar refractivity (Wildman–Crippen MR) is 130 cm³/mol. The molecule has 0 spiro atoms. The number of anilines is 1. The lowest BCUT2D eigenvalue weighted by molar-refractivity contribution is 0.0934. The summed E-state index contributed by atoms with van der Waals surface area (Å²) in [6.07, 6.45) is 4.36. The number of pyridine rings is 1. The van der Waals surface area contributed by atoms with Crippen LogP contribution in [0.5, 0.6) is 0 Å². The normalized spacial score (nSPS) is 15.3. The standard InChI is InChI=1S/C24H26ClFN6O3/c1-31-14-16(12-29-31)21-20(25)11-19(23(33)28-13-18-6-3-9-32(18)24(34)35)22(30-21)27-8-7-15-4-2-5-17(26)10-15/h2,4-5,10-12,14,18H,3,6-9,13H2,1H3,(H,27,30)(H,28,33)(H,34,35)/t18-/m1/s1. The Morgan fingerprint density at radius 1 is 1.31 bits per heavy atom. The van der Waals surface area contributed by atoms with Gasteiger partial charge >= 0.3 is 6.09 Å². The van der Waals surface area contributed by atoms with Gasteiger partial charge in [-0.2, -0.15) is 5.10 Å². The topological polar surface area (TPSA) is 112 Å². The van der Waals surface area contributed by atoms with Crippen molar-refractivity contribution in [2.75, 3.05) is 25.0 Å². The number of benzene rings is 1. The number of aryl methyl sites for hydroxylation is 1. The van der Waals surface area contributed by atoms with Crippen molar-refractivity contribution in [3.63, 3.8) is 0 Å². The third-order valence-electron chi connectivity index (χ3n) is 5.92. The van der Waals surface area contributed by atoms with Gasteiger partial charge in [-0.1, -0.05) is 23.7 Å². The second kappa shape index (κ2) is 10.7. The Kier molecular flexibility index (Phi) is 7.50. The molecule has 1 saturated heterocycles. The van der Waals surface area contributed by atoms with Gasteiger partial charge in [0.2, 0.25) is 0 Å². The van der Waals surface area contributed by atoms with Gasteiger partial charge in [-0.05, 0) is 43.0 Å². The average molecular weight is 501 g/mol. The molecule has 11 heteroatoms. The minimum atomic E-state index is -0.994. The summed E-state index contributed by atoms with van der Waals surface area (Å²) < 4.78 is 15.1. The van der Waals surface area contributed by atoms with E-state index in [0.29, 0.717) is 43.0 Å². The third kappa shape index (κ3) is 5.89. The van der Waals surface area contributed by atoms with Crippen LogP contribution in [0.25, 0.3) is 11.3 Å². The van der Waals surface area contributed by atoms with Crippen LogP contribution in [0.4, 0.5) is 15.0 Å². The lowest BCUT2D eigenvalue weighted by Gasteiger charge is -2.22. The van der Waals surface area contributed by atoms with Gasteiger partial charge in [0.25, 0.3) is 5.91 Å². The summed E-state index contributed by atoms with van der Waals surface area (Å²) in [5.41, 5.74) is 2.21.